The lowest BCUT2D eigenvalue weighted by Crippen LogP contribution is -2.40. The average molecular weight is 1370 g/mol. The molecule has 18 fully saturated rings. The third kappa shape index (κ3) is 13.0. The van der Waals surface area contributed by atoms with Gasteiger partial charge in [-0.3, -0.25) is 28.8 Å². The van der Waals surface area contributed by atoms with E-state index < -0.39 is 0 Å². The van der Waals surface area contributed by atoms with Crippen molar-refractivity contribution in [2.45, 2.75) is 255 Å². The summed E-state index contributed by atoms with van der Waals surface area (Å²) in [6, 6.07) is 0. The molecule has 552 valence electrons. The summed E-state index contributed by atoms with van der Waals surface area (Å²) in [5, 5.41) is 0. The molecule has 0 aromatic rings. The Balaban J connectivity index is 0.000000116. The van der Waals surface area contributed by atoms with E-state index in [4.69, 9.17) is 28.4 Å². The fraction of sp³-hybridized carbons (Fsp3) is 0.931. The van der Waals surface area contributed by atoms with Crippen molar-refractivity contribution in [1.82, 2.24) is 0 Å². The monoisotopic (exact) mass is 1370 g/mol. The molecule has 0 spiro atoms. The zero-order chi connectivity index (χ0) is 68.7. The SMILES string of the molecule is CCC(C)(C)C(=O)CC1CC2CC1C1C3CC(CC3C(=O)OCOCC3CC4CCC3C4)C21.CCC(C)(C)C(=O)CC1CC2CC1C1C3CC(CC3C(=O)OCOCC3CC4CCC3C4)C21.CCC(C)(C)C(=O)CC1CC2CC1C1C3CC(CC3C(=O)OCOCC3CC4CCC3C4)C21. The quantitative estimate of drug-likeness (QED) is 0.0252. The molecule has 0 aromatic carbocycles. The molecule has 18 saturated carbocycles. The molecule has 0 N–H and O–H groups in total. The number of esters is 3. The van der Waals surface area contributed by atoms with Crippen molar-refractivity contribution in [3.63, 3.8) is 0 Å². The van der Waals surface area contributed by atoms with E-state index in [1.807, 2.05) is 0 Å². The molecular formula is C87H132O12. The minimum Gasteiger partial charge on any atom is -0.438 e. The number of ether oxygens (including phenoxy) is 6. The van der Waals surface area contributed by atoms with Gasteiger partial charge in [-0.2, -0.15) is 0 Å². The lowest BCUT2D eigenvalue weighted by molar-refractivity contribution is -0.167. The van der Waals surface area contributed by atoms with Crippen molar-refractivity contribution < 1.29 is 57.2 Å². The van der Waals surface area contributed by atoms with Crippen LogP contribution in [0.4, 0.5) is 0 Å². The molecule has 12 nitrogen and oxygen atoms in total. The number of ketones is 3. The average Bonchev–Trinajstić information content (AvgIpc) is 1.56. The fourth-order valence-electron chi connectivity index (χ4n) is 29.8. The second-order valence-corrected chi connectivity index (χ2v) is 40.7. The Kier molecular flexibility index (Phi) is 19.9. The summed E-state index contributed by atoms with van der Waals surface area (Å²) in [6.07, 6.45) is 36.0. The van der Waals surface area contributed by atoms with E-state index in [0.717, 1.165) is 149 Å². The summed E-state index contributed by atoms with van der Waals surface area (Å²) in [5.41, 5.74) is -0.582. The number of fused-ring (bicyclic) bond motifs is 33. The highest BCUT2D eigenvalue weighted by molar-refractivity contribution is 5.85. The van der Waals surface area contributed by atoms with Gasteiger partial charge in [0.1, 0.15) is 17.3 Å². The Morgan fingerprint density at radius 3 is 0.788 bits per heavy atom. The van der Waals surface area contributed by atoms with Gasteiger partial charge in [-0.15, -0.1) is 0 Å². The van der Waals surface area contributed by atoms with Crippen LogP contribution in [0.3, 0.4) is 0 Å². The highest BCUT2D eigenvalue weighted by Gasteiger charge is 2.69. The van der Waals surface area contributed by atoms with Crippen LogP contribution in [0, 0.1) is 212 Å². The molecule has 0 radical (unpaired) electrons. The summed E-state index contributed by atoms with van der Waals surface area (Å²) in [7, 11) is 0. The topological polar surface area (TPSA) is 158 Å². The first-order valence-electron chi connectivity index (χ1n) is 42.4. The zero-order valence-electron chi connectivity index (χ0n) is 62.9. The van der Waals surface area contributed by atoms with Crippen LogP contribution in [-0.4, -0.2) is 75.5 Å². The van der Waals surface area contributed by atoms with Crippen LogP contribution in [-0.2, 0) is 57.2 Å². The van der Waals surface area contributed by atoms with E-state index in [2.05, 4.69) is 62.3 Å². The van der Waals surface area contributed by atoms with Crippen molar-refractivity contribution in [3.05, 3.63) is 0 Å². The molecule has 99 heavy (non-hydrogen) atoms. The molecule has 33 atom stereocenters. The molecule has 18 aliphatic rings. The number of rotatable bonds is 27. The number of Topliss-reactive ketones (excluding diaryl/α,β-unsaturated/α-hetero) is 3. The van der Waals surface area contributed by atoms with Gasteiger partial charge in [-0.1, -0.05) is 81.6 Å². The Hall–Kier alpha value is -2.70. The predicted molar refractivity (Wildman–Crippen MR) is 378 cm³/mol. The van der Waals surface area contributed by atoms with Crippen LogP contribution < -0.4 is 0 Å². The normalized spacial score (nSPS) is 46.8. The van der Waals surface area contributed by atoms with E-state index in [0.29, 0.717) is 124 Å². The smallest absolute Gasteiger partial charge is 0.311 e. The van der Waals surface area contributed by atoms with Gasteiger partial charge in [0, 0.05) is 35.5 Å². The van der Waals surface area contributed by atoms with Crippen LogP contribution in [0.25, 0.3) is 0 Å². The molecule has 0 aliphatic heterocycles. The van der Waals surface area contributed by atoms with E-state index in [-0.39, 0.29) is 72.3 Å². The zero-order valence-corrected chi connectivity index (χ0v) is 62.9. The van der Waals surface area contributed by atoms with Gasteiger partial charge in [0.2, 0.25) is 0 Å². The third-order valence-electron chi connectivity index (χ3n) is 35.5. The highest BCUT2D eigenvalue weighted by atomic mass is 16.7. The fourth-order valence-corrected chi connectivity index (χ4v) is 29.8. The maximum atomic E-state index is 13.0. The summed E-state index contributed by atoms with van der Waals surface area (Å²) in [5.74, 6) is 23.1. The molecule has 33 unspecified atom stereocenters. The predicted octanol–water partition coefficient (Wildman–Crippen LogP) is 17.6. The molecule has 18 aliphatic carbocycles. The van der Waals surface area contributed by atoms with Crippen LogP contribution >= 0.6 is 0 Å². The summed E-state index contributed by atoms with van der Waals surface area (Å²) >= 11 is 0. The molecule has 0 heterocycles. The molecule has 18 bridgehead atoms. The van der Waals surface area contributed by atoms with E-state index in [1.165, 1.54) is 135 Å². The number of hydrogen-bond acceptors (Lipinski definition) is 12. The Bertz CT molecular complexity index is 2670. The molecular weight excluding hydrogens is 1240 g/mol. The molecule has 18 rings (SSSR count). The second-order valence-electron chi connectivity index (χ2n) is 40.7. The lowest BCUT2D eigenvalue weighted by Gasteiger charge is -2.41. The first-order valence-corrected chi connectivity index (χ1v) is 42.4. The largest absolute Gasteiger partial charge is 0.438 e. The summed E-state index contributed by atoms with van der Waals surface area (Å²) < 4.78 is 34.6. The minimum absolute atomic E-state index is 0.00333. The molecule has 12 heteroatoms. The van der Waals surface area contributed by atoms with Crippen molar-refractivity contribution in [2.75, 3.05) is 40.2 Å². The van der Waals surface area contributed by atoms with Gasteiger partial charge in [0.25, 0.3) is 0 Å². The molecule has 0 amide bonds. The van der Waals surface area contributed by atoms with Crippen LogP contribution in [0.15, 0.2) is 0 Å². The van der Waals surface area contributed by atoms with Crippen molar-refractivity contribution in [3.8, 4) is 0 Å². The highest BCUT2D eigenvalue weighted by Crippen LogP contribution is 2.74. The van der Waals surface area contributed by atoms with Crippen molar-refractivity contribution >= 4 is 35.3 Å². The number of carbonyl (C=O) groups is 6. The van der Waals surface area contributed by atoms with Gasteiger partial charge >= 0.3 is 17.9 Å². The minimum atomic E-state index is -0.194. The maximum absolute atomic E-state index is 13.0. The summed E-state index contributed by atoms with van der Waals surface area (Å²) in [4.78, 5) is 77.9. The Morgan fingerprint density at radius 2 is 0.545 bits per heavy atom. The van der Waals surface area contributed by atoms with Gasteiger partial charge in [0.15, 0.2) is 20.4 Å². The number of hydrogen-bond donors (Lipinski definition) is 0. The molecule has 0 saturated heterocycles. The Morgan fingerprint density at radius 1 is 0.283 bits per heavy atom. The van der Waals surface area contributed by atoms with E-state index >= 15 is 0 Å². The van der Waals surface area contributed by atoms with Gasteiger partial charge < -0.3 is 28.4 Å². The van der Waals surface area contributed by atoms with Gasteiger partial charge in [0.05, 0.1) is 37.6 Å². The van der Waals surface area contributed by atoms with Crippen LogP contribution in [0.5, 0.6) is 0 Å². The van der Waals surface area contributed by atoms with Gasteiger partial charge in [-0.25, -0.2) is 0 Å². The maximum Gasteiger partial charge on any atom is 0.311 e. The summed E-state index contributed by atoms with van der Waals surface area (Å²) in [6.45, 7) is 21.7. The second kappa shape index (κ2) is 27.9. The van der Waals surface area contributed by atoms with Gasteiger partial charge in [-0.05, 0) is 332 Å². The van der Waals surface area contributed by atoms with Crippen LogP contribution in [0.2, 0.25) is 0 Å². The van der Waals surface area contributed by atoms with Crippen molar-refractivity contribution in [2.24, 2.45) is 212 Å². The number of carbonyl (C=O) groups excluding carboxylic acids is 6. The third-order valence-corrected chi connectivity index (χ3v) is 35.5. The van der Waals surface area contributed by atoms with Crippen molar-refractivity contribution in [1.29, 1.82) is 0 Å². The first kappa shape index (κ1) is 70.6. The van der Waals surface area contributed by atoms with E-state index in [1.54, 1.807) is 0 Å². The molecule has 0 aromatic heterocycles. The standard InChI is InChI=1S/3C29H44O4/c3*1-4-29(2,3)25(30)13-18-9-19-10-22(18)27-23-11-20(26(19)27)12-24(23)28(31)33-15-32-14-21-8-16-5-6-17(21)7-16/h3*16-24,26-27H,4-15H2,1-3H3. The Labute approximate surface area is 596 Å². The first-order chi connectivity index (χ1) is 47.6. The van der Waals surface area contributed by atoms with E-state index in [9.17, 15) is 28.8 Å². The van der Waals surface area contributed by atoms with Crippen LogP contribution in [0.1, 0.15) is 255 Å². The lowest BCUT2D eigenvalue weighted by atomic mass is 9.63.